The number of hydrogen-bond acceptors (Lipinski definition) is 3. The van der Waals surface area contributed by atoms with Gasteiger partial charge in [0.05, 0.1) is 17.5 Å². The standard InChI is InChI=1S/C19H17NO3/c1-9(21)10-3-2-4-11(7-10)20-18(22)16-12-5-6-13(15-8-14(12)15)17(16)19(20)23/h2-7,12-17H,8H2,1H3/t12-,13+,14-,15+,16+,17-. The Morgan fingerprint density at radius 2 is 1.65 bits per heavy atom. The molecule has 0 aromatic heterocycles. The van der Waals surface area contributed by atoms with Crippen molar-refractivity contribution in [2.45, 2.75) is 13.3 Å². The van der Waals surface area contributed by atoms with Crippen LogP contribution in [0.15, 0.2) is 36.4 Å². The van der Waals surface area contributed by atoms with Gasteiger partial charge in [0.1, 0.15) is 0 Å². The van der Waals surface area contributed by atoms with Crippen molar-refractivity contribution >= 4 is 23.3 Å². The predicted octanol–water partition coefficient (Wildman–Crippen LogP) is 2.45. The number of carbonyl (C=O) groups is 3. The molecule has 0 N–H and O–H groups in total. The minimum absolute atomic E-state index is 0.0636. The van der Waals surface area contributed by atoms with Gasteiger partial charge in [0, 0.05) is 5.56 Å². The maximum atomic E-state index is 13.0. The number of allylic oxidation sites excluding steroid dienone is 2. The minimum atomic E-state index is -0.192. The monoisotopic (exact) mass is 307 g/mol. The fourth-order valence-electron chi connectivity index (χ4n) is 5.08. The van der Waals surface area contributed by atoms with Gasteiger partial charge in [0.15, 0.2) is 5.78 Å². The van der Waals surface area contributed by atoms with Gasteiger partial charge in [-0.15, -0.1) is 0 Å². The van der Waals surface area contributed by atoms with Gasteiger partial charge in [-0.1, -0.05) is 24.3 Å². The number of benzene rings is 1. The van der Waals surface area contributed by atoms with Crippen LogP contribution in [0.5, 0.6) is 0 Å². The molecule has 0 unspecified atom stereocenters. The molecular formula is C19H17NO3. The zero-order valence-electron chi connectivity index (χ0n) is 12.8. The van der Waals surface area contributed by atoms with Crippen LogP contribution in [0, 0.1) is 35.5 Å². The second kappa shape index (κ2) is 4.19. The maximum Gasteiger partial charge on any atom is 0.238 e. The van der Waals surface area contributed by atoms with Crippen molar-refractivity contribution in [2.24, 2.45) is 35.5 Å². The van der Waals surface area contributed by atoms with Crippen LogP contribution in [0.2, 0.25) is 0 Å². The van der Waals surface area contributed by atoms with E-state index in [2.05, 4.69) is 12.2 Å². The zero-order chi connectivity index (χ0) is 15.9. The normalized spacial score (nSPS) is 39.4. The van der Waals surface area contributed by atoms with Crippen LogP contribution in [0.1, 0.15) is 23.7 Å². The number of imide groups is 1. The third-order valence-corrected chi connectivity index (χ3v) is 6.17. The van der Waals surface area contributed by atoms with Gasteiger partial charge in [-0.25, -0.2) is 4.90 Å². The van der Waals surface area contributed by atoms with Crippen LogP contribution in [-0.4, -0.2) is 17.6 Å². The molecule has 1 aliphatic heterocycles. The minimum Gasteiger partial charge on any atom is -0.295 e. The van der Waals surface area contributed by atoms with Crippen molar-refractivity contribution in [1.82, 2.24) is 0 Å². The highest BCUT2D eigenvalue weighted by atomic mass is 16.2. The van der Waals surface area contributed by atoms with Crippen LogP contribution in [0.25, 0.3) is 0 Å². The first-order valence-electron chi connectivity index (χ1n) is 8.25. The predicted molar refractivity (Wildman–Crippen MR) is 83.6 cm³/mol. The van der Waals surface area contributed by atoms with Crippen molar-refractivity contribution in [3.05, 3.63) is 42.0 Å². The number of nitrogens with zero attached hydrogens (tertiary/aromatic N) is 1. The van der Waals surface area contributed by atoms with Gasteiger partial charge in [0.2, 0.25) is 11.8 Å². The SMILES string of the molecule is CC(=O)c1cccc(N2C(=O)[C@@H]3[C@H]4C=C[C@H]([C@H]5C[C@@H]45)[C@@H]3C2=O)c1. The highest BCUT2D eigenvalue weighted by Crippen LogP contribution is 2.65. The lowest BCUT2D eigenvalue weighted by Crippen LogP contribution is -2.40. The Morgan fingerprint density at radius 1 is 1.04 bits per heavy atom. The Morgan fingerprint density at radius 3 is 2.22 bits per heavy atom. The molecule has 4 aliphatic carbocycles. The average Bonchev–Trinajstić information content (AvgIpc) is 3.32. The molecule has 4 nitrogen and oxygen atoms in total. The molecule has 1 heterocycles. The van der Waals surface area contributed by atoms with E-state index in [0.717, 1.165) is 6.42 Å². The number of ketones is 1. The Labute approximate surface area is 134 Å². The van der Waals surface area contributed by atoms with Crippen molar-refractivity contribution in [3.8, 4) is 0 Å². The molecule has 0 radical (unpaired) electrons. The number of carbonyl (C=O) groups excluding carboxylic acids is 3. The van der Waals surface area contributed by atoms with Gasteiger partial charge >= 0.3 is 0 Å². The summed E-state index contributed by atoms with van der Waals surface area (Å²) >= 11 is 0. The molecule has 6 rings (SSSR count). The first-order chi connectivity index (χ1) is 11.1. The van der Waals surface area contributed by atoms with E-state index in [1.54, 1.807) is 24.3 Å². The topological polar surface area (TPSA) is 54.5 Å². The average molecular weight is 307 g/mol. The summed E-state index contributed by atoms with van der Waals surface area (Å²) in [6.45, 7) is 1.49. The second-order valence-corrected chi connectivity index (χ2v) is 7.27. The Balaban J connectivity index is 1.57. The van der Waals surface area contributed by atoms with Crippen LogP contribution < -0.4 is 4.90 Å². The first-order valence-corrected chi connectivity index (χ1v) is 8.25. The summed E-state index contributed by atoms with van der Waals surface area (Å²) in [5, 5.41) is 0. The van der Waals surface area contributed by atoms with Gasteiger partial charge in [-0.3, -0.25) is 14.4 Å². The molecule has 1 saturated heterocycles. The third-order valence-electron chi connectivity index (χ3n) is 6.17. The van der Waals surface area contributed by atoms with Gasteiger partial charge in [0.25, 0.3) is 0 Å². The molecular weight excluding hydrogens is 290 g/mol. The molecule has 6 atom stereocenters. The second-order valence-electron chi connectivity index (χ2n) is 7.27. The van der Waals surface area contributed by atoms with Crippen LogP contribution in [-0.2, 0) is 9.59 Å². The highest BCUT2D eigenvalue weighted by molar-refractivity contribution is 6.23. The summed E-state index contributed by atoms with van der Waals surface area (Å²) in [6, 6.07) is 6.85. The number of amides is 2. The van der Waals surface area contributed by atoms with Crippen molar-refractivity contribution in [2.75, 3.05) is 4.90 Å². The number of rotatable bonds is 2. The molecule has 116 valence electrons. The molecule has 2 bridgehead atoms. The lowest BCUT2D eigenvalue weighted by atomic mass is 9.63. The van der Waals surface area contributed by atoms with E-state index in [-0.39, 0.29) is 41.3 Å². The van der Waals surface area contributed by atoms with E-state index in [1.165, 1.54) is 11.8 Å². The smallest absolute Gasteiger partial charge is 0.238 e. The first kappa shape index (κ1) is 13.2. The highest BCUT2D eigenvalue weighted by Gasteiger charge is 2.67. The van der Waals surface area contributed by atoms with Crippen LogP contribution in [0.4, 0.5) is 5.69 Å². The van der Waals surface area contributed by atoms with Crippen LogP contribution in [0.3, 0.4) is 0 Å². The quantitative estimate of drug-likeness (QED) is 0.479. The molecule has 4 heteroatoms. The summed E-state index contributed by atoms with van der Waals surface area (Å²) < 4.78 is 0. The van der Waals surface area contributed by atoms with Crippen molar-refractivity contribution in [1.29, 1.82) is 0 Å². The van der Waals surface area contributed by atoms with E-state index in [9.17, 15) is 14.4 Å². The fraction of sp³-hybridized carbons (Fsp3) is 0.421. The molecule has 3 fully saturated rings. The summed E-state index contributed by atoms with van der Waals surface area (Å²) in [5.74, 6) is 1.06. The van der Waals surface area contributed by atoms with E-state index in [4.69, 9.17) is 0 Å². The summed E-state index contributed by atoms with van der Waals surface area (Å²) in [7, 11) is 0. The zero-order valence-corrected chi connectivity index (χ0v) is 12.8. The molecule has 5 aliphatic rings. The summed E-state index contributed by atoms with van der Waals surface area (Å²) in [4.78, 5) is 38.9. The maximum absolute atomic E-state index is 13.0. The van der Waals surface area contributed by atoms with Gasteiger partial charge < -0.3 is 0 Å². The van der Waals surface area contributed by atoms with E-state index >= 15 is 0 Å². The van der Waals surface area contributed by atoms with Crippen molar-refractivity contribution < 1.29 is 14.4 Å². The van der Waals surface area contributed by atoms with Gasteiger partial charge in [-0.2, -0.15) is 0 Å². The molecule has 2 amide bonds. The molecule has 1 aromatic carbocycles. The Hall–Kier alpha value is -2.23. The summed E-state index contributed by atoms with van der Waals surface area (Å²) in [6.07, 6.45) is 5.50. The Kier molecular flexibility index (Phi) is 2.41. The lowest BCUT2D eigenvalue weighted by Gasteiger charge is -2.37. The summed E-state index contributed by atoms with van der Waals surface area (Å²) in [5.41, 5.74) is 1.07. The Bertz CT molecular complexity index is 760. The van der Waals surface area contributed by atoms with E-state index in [0.29, 0.717) is 23.1 Å². The van der Waals surface area contributed by atoms with E-state index < -0.39 is 0 Å². The number of Topliss-reactive ketones (excluding diaryl/α,β-unsaturated/α-hetero) is 1. The van der Waals surface area contributed by atoms with E-state index in [1.807, 2.05) is 0 Å². The molecule has 23 heavy (non-hydrogen) atoms. The fourth-order valence-corrected chi connectivity index (χ4v) is 5.08. The lowest BCUT2D eigenvalue weighted by molar-refractivity contribution is -0.124. The van der Waals surface area contributed by atoms with Crippen molar-refractivity contribution in [3.63, 3.8) is 0 Å². The molecule has 1 aromatic rings. The number of hydrogen-bond donors (Lipinski definition) is 0. The van der Waals surface area contributed by atoms with Crippen LogP contribution >= 0.6 is 0 Å². The van der Waals surface area contributed by atoms with Gasteiger partial charge in [-0.05, 0) is 49.1 Å². The molecule has 0 spiro atoms. The largest absolute Gasteiger partial charge is 0.295 e. The number of anilines is 1. The molecule has 2 saturated carbocycles. The third kappa shape index (κ3) is 1.58.